The molecule has 0 atom stereocenters. The van der Waals surface area contributed by atoms with Gasteiger partial charge in [-0.15, -0.1) is 0 Å². The van der Waals surface area contributed by atoms with Gasteiger partial charge in [0, 0.05) is 19.7 Å². The lowest BCUT2D eigenvalue weighted by Crippen LogP contribution is -2.47. The van der Waals surface area contributed by atoms with E-state index in [0.717, 1.165) is 19.3 Å². The van der Waals surface area contributed by atoms with Gasteiger partial charge in [0.15, 0.2) is 0 Å². The molecule has 1 saturated carbocycles. The first-order chi connectivity index (χ1) is 9.89. The standard InChI is InChI=1S/C13H24N4O3S/c1-9-13(10(2)17(15-9)6-4-5-14)21(18,19)16-11-7-12(8-11)20-3/h11-12,16H,4-8,14H2,1-3H3. The average molecular weight is 316 g/mol. The van der Waals surface area contributed by atoms with Crippen LogP contribution in [0.2, 0.25) is 0 Å². The van der Waals surface area contributed by atoms with E-state index < -0.39 is 10.0 Å². The molecule has 1 heterocycles. The van der Waals surface area contributed by atoms with Crippen molar-refractivity contribution in [3.8, 4) is 0 Å². The first kappa shape index (κ1) is 16.4. The van der Waals surface area contributed by atoms with Gasteiger partial charge in [-0.05, 0) is 39.7 Å². The number of sulfonamides is 1. The molecule has 0 saturated heterocycles. The van der Waals surface area contributed by atoms with Crippen LogP contribution in [-0.2, 0) is 21.3 Å². The predicted molar refractivity (Wildman–Crippen MR) is 79.5 cm³/mol. The Bertz CT molecular complexity index is 591. The molecule has 1 aliphatic carbocycles. The molecule has 0 unspecified atom stereocenters. The molecule has 3 N–H and O–H groups in total. The van der Waals surface area contributed by atoms with Crippen LogP contribution in [0.1, 0.15) is 30.7 Å². The van der Waals surface area contributed by atoms with Crippen LogP contribution in [0.5, 0.6) is 0 Å². The Morgan fingerprint density at radius 1 is 1.43 bits per heavy atom. The highest BCUT2D eigenvalue weighted by molar-refractivity contribution is 7.89. The van der Waals surface area contributed by atoms with Crippen molar-refractivity contribution in [1.82, 2.24) is 14.5 Å². The lowest BCUT2D eigenvalue weighted by atomic mass is 9.90. The first-order valence-corrected chi connectivity index (χ1v) is 8.66. The molecule has 0 radical (unpaired) electrons. The van der Waals surface area contributed by atoms with Crippen LogP contribution in [0.4, 0.5) is 0 Å². The molecule has 8 heteroatoms. The third-order valence-electron chi connectivity index (χ3n) is 3.91. The summed E-state index contributed by atoms with van der Waals surface area (Å²) in [7, 11) is -1.89. The molecule has 0 aromatic carbocycles. The van der Waals surface area contributed by atoms with E-state index in [-0.39, 0.29) is 12.1 Å². The van der Waals surface area contributed by atoms with Crippen molar-refractivity contribution in [2.45, 2.75) is 56.7 Å². The Labute approximate surface area is 125 Å². The van der Waals surface area contributed by atoms with Gasteiger partial charge in [-0.1, -0.05) is 0 Å². The van der Waals surface area contributed by atoms with E-state index in [1.165, 1.54) is 0 Å². The number of ether oxygens (including phenoxy) is 1. The van der Waals surface area contributed by atoms with Gasteiger partial charge in [0.05, 0.1) is 17.5 Å². The zero-order valence-corrected chi connectivity index (χ0v) is 13.6. The average Bonchev–Trinajstić information content (AvgIpc) is 2.66. The normalized spacial score (nSPS) is 22.3. The fourth-order valence-corrected chi connectivity index (χ4v) is 4.33. The third kappa shape index (κ3) is 3.45. The SMILES string of the molecule is COC1CC(NS(=O)(=O)c2c(C)nn(CCCN)c2C)C1. The first-order valence-electron chi connectivity index (χ1n) is 7.18. The highest BCUT2D eigenvalue weighted by Crippen LogP contribution is 2.26. The summed E-state index contributed by atoms with van der Waals surface area (Å²) in [5.74, 6) is 0. The van der Waals surface area contributed by atoms with Gasteiger partial charge in [0.2, 0.25) is 10.0 Å². The summed E-state index contributed by atoms with van der Waals surface area (Å²) < 4.78 is 34.7. The highest BCUT2D eigenvalue weighted by Gasteiger charge is 2.34. The number of nitrogens with one attached hydrogen (secondary N) is 1. The lowest BCUT2D eigenvalue weighted by Gasteiger charge is -2.34. The maximum absolute atomic E-state index is 12.5. The maximum atomic E-state index is 12.5. The summed E-state index contributed by atoms with van der Waals surface area (Å²) >= 11 is 0. The number of rotatable bonds is 7. The zero-order chi connectivity index (χ0) is 15.6. The largest absolute Gasteiger partial charge is 0.381 e. The Balaban J connectivity index is 2.14. The Kier molecular flexibility index (Phi) is 5.03. The van der Waals surface area contributed by atoms with Crippen molar-refractivity contribution in [2.75, 3.05) is 13.7 Å². The summed E-state index contributed by atoms with van der Waals surface area (Å²) in [6, 6.07) is -0.0499. The predicted octanol–water partition coefficient (Wildman–Crippen LogP) is 0.304. The molecule has 21 heavy (non-hydrogen) atoms. The van der Waals surface area contributed by atoms with Crippen molar-refractivity contribution < 1.29 is 13.2 Å². The Hall–Kier alpha value is -0.960. The van der Waals surface area contributed by atoms with Crippen LogP contribution >= 0.6 is 0 Å². The second kappa shape index (κ2) is 6.43. The number of aryl methyl sites for hydroxylation is 2. The van der Waals surface area contributed by atoms with E-state index in [2.05, 4.69) is 9.82 Å². The molecule has 0 bridgehead atoms. The second-order valence-corrected chi connectivity index (χ2v) is 7.16. The number of hydrogen-bond donors (Lipinski definition) is 2. The van der Waals surface area contributed by atoms with E-state index in [1.807, 2.05) is 0 Å². The minimum atomic E-state index is -3.54. The molecule has 0 aliphatic heterocycles. The lowest BCUT2D eigenvalue weighted by molar-refractivity contribution is 0.0236. The van der Waals surface area contributed by atoms with Gasteiger partial charge in [0.1, 0.15) is 4.90 Å². The smallest absolute Gasteiger partial charge is 0.244 e. The molecule has 7 nitrogen and oxygen atoms in total. The van der Waals surface area contributed by atoms with E-state index in [4.69, 9.17) is 10.5 Å². The monoisotopic (exact) mass is 316 g/mol. The van der Waals surface area contributed by atoms with Crippen LogP contribution in [0.25, 0.3) is 0 Å². The van der Waals surface area contributed by atoms with Gasteiger partial charge in [-0.25, -0.2) is 13.1 Å². The molecule has 2 rings (SSSR count). The van der Waals surface area contributed by atoms with E-state index in [9.17, 15) is 8.42 Å². The minimum absolute atomic E-state index is 0.0499. The number of nitrogens with zero attached hydrogens (tertiary/aromatic N) is 2. The molecule has 0 spiro atoms. The van der Waals surface area contributed by atoms with Crippen LogP contribution < -0.4 is 10.5 Å². The molecule has 1 aliphatic rings. The van der Waals surface area contributed by atoms with Gasteiger partial charge in [0.25, 0.3) is 0 Å². The van der Waals surface area contributed by atoms with Crippen molar-refractivity contribution >= 4 is 10.0 Å². The van der Waals surface area contributed by atoms with Crippen LogP contribution in [0.3, 0.4) is 0 Å². The Morgan fingerprint density at radius 2 is 2.10 bits per heavy atom. The van der Waals surface area contributed by atoms with Gasteiger partial charge in [-0.2, -0.15) is 5.10 Å². The van der Waals surface area contributed by atoms with E-state index in [0.29, 0.717) is 29.4 Å². The number of nitrogens with two attached hydrogens (primary N) is 1. The van der Waals surface area contributed by atoms with Crippen molar-refractivity contribution in [3.05, 3.63) is 11.4 Å². The summed E-state index contributed by atoms with van der Waals surface area (Å²) in [5.41, 5.74) is 6.68. The van der Waals surface area contributed by atoms with Gasteiger partial charge < -0.3 is 10.5 Å². The molecule has 1 aromatic rings. The third-order valence-corrected chi connectivity index (χ3v) is 5.68. The van der Waals surface area contributed by atoms with E-state index >= 15 is 0 Å². The Morgan fingerprint density at radius 3 is 2.67 bits per heavy atom. The van der Waals surface area contributed by atoms with Crippen molar-refractivity contribution in [1.29, 1.82) is 0 Å². The number of hydrogen-bond acceptors (Lipinski definition) is 5. The molecule has 1 aromatic heterocycles. The summed E-state index contributed by atoms with van der Waals surface area (Å²) in [5, 5.41) is 4.31. The molecule has 1 fully saturated rings. The molecule has 0 amide bonds. The number of methoxy groups -OCH3 is 1. The van der Waals surface area contributed by atoms with Gasteiger partial charge >= 0.3 is 0 Å². The summed E-state index contributed by atoms with van der Waals surface area (Å²) in [6.45, 7) is 4.69. The van der Waals surface area contributed by atoms with Crippen LogP contribution in [-0.4, -0.2) is 44.0 Å². The minimum Gasteiger partial charge on any atom is -0.381 e. The maximum Gasteiger partial charge on any atom is 0.244 e. The summed E-state index contributed by atoms with van der Waals surface area (Å²) in [6.07, 6.45) is 2.37. The molecular formula is C13H24N4O3S. The van der Waals surface area contributed by atoms with Crippen LogP contribution in [0.15, 0.2) is 4.90 Å². The molecule has 120 valence electrons. The zero-order valence-electron chi connectivity index (χ0n) is 12.8. The fourth-order valence-electron chi connectivity index (χ4n) is 2.66. The topological polar surface area (TPSA) is 99.2 Å². The van der Waals surface area contributed by atoms with Crippen molar-refractivity contribution in [2.24, 2.45) is 5.73 Å². The highest BCUT2D eigenvalue weighted by atomic mass is 32.2. The van der Waals surface area contributed by atoms with Gasteiger partial charge in [-0.3, -0.25) is 4.68 Å². The van der Waals surface area contributed by atoms with E-state index in [1.54, 1.807) is 25.6 Å². The second-order valence-electron chi connectivity index (χ2n) is 5.51. The van der Waals surface area contributed by atoms with Crippen molar-refractivity contribution in [3.63, 3.8) is 0 Å². The van der Waals surface area contributed by atoms with Crippen LogP contribution in [0, 0.1) is 13.8 Å². The number of aromatic nitrogens is 2. The summed E-state index contributed by atoms with van der Waals surface area (Å²) in [4.78, 5) is 0.292. The quantitative estimate of drug-likeness (QED) is 0.754. The fraction of sp³-hybridized carbons (Fsp3) is 0.769. The molecular weight excluding hydrogens is 292 g/mol.